The molecule has 5 nitrogen and oxygen atoms in total. The molecule has 1 aliphatic heterocycles. The van der Waals surface area contributed by atoms with Gasteiger partial charge < -0.3 is 25.1 Å². The zero-order valence-corrected chi connectivity index (χ0v) is 13.0. The lowest BCUT2D eigenvalue weighted by molar-refractivity contribution is -0.177. The second kappa shape index (κ2) is 6.32. The van der Waals surface area contributed by atoms with Gasteiger partial charge in [0.1, 0.15) is 5.75 Å². The highest BCUT2D eigenvalue weighted by Gasteiger charge is 2.50. The molecule has 5 heteroatoms. The molecule has 21 heavy (non-hydrogen) atoms. The van der Waals surface area contributed by atoms with Crippen LogP contribution in [-0.4, -0.2) is 44.4 Å². The van der Waals surface area contributed by atoms with Crippen LogP contribution in [0.1, 0.15) is 18.9 Å². The number of hydrogen-bond donors (Lipinski definition) is 2. The van der Waals surface area contributed by atoms with E-state index in [9.17, 15) is 5.11 Å². The van der Waals surface area contributed by atoms with Gasteiger partial charge in [-0.15, -0.1) is 0 Å². The number of hydrogen-bond acceptors (Lipinski definition) is 5. The molecule has 0 radical (unpaired) electrons. The molecule has 0 bridgehead atoms. The number of benzene rings is 1. The predicted octanol–water partition coefficient (Wildman–Crippen LogP) is 1.33. The second-order valence-corrected chi connectivity index (χ2v) is 5.94. The van der Waals surface area contributed by atoms with Gasteiger partial charge in [0.05, 0.1) is 12.2 Å². The van der Waals surface area contributed by atoms with E-state index in [0.29, 0.717) is 26.0 Å². The van der Waals surface area contributed by atoms with E-state index in [1.807, 2.05) is 24.3 Å². The van der Waals surface area contributed by atoms with Crippen molar-refractivity contribution in [3.05, 3.63) is 29.8 Å². The highest BCUT2D eigenvalue weighted by Crippen LogP contribution is 2.43. The summed E-state index contributed by atoms with van der Waals surface area (Å²) in [7, 11) is 3.12. The lowest BCUT2D eigenvalue weighted by Crippen LogP contribution is -2.58. The van der Waals surface area contributed by atoms with Gasteiger partial charge in [-0.05, 0) is 25.0 Å². The van der Waals surface area contributed by atoms with Crippen LogP contribution in [0.5, 0.6) is 5.75 Å². The number of para-hydroxylation sites is 1. The van der Waals surface area contributed by atoms with Crippen LogP contribution in [0.15, 0.2) is 24.3 Å². The molecule has 1 heterocycles. The minimum Gasteiger partial charge on any atom is -0.493 e. The lowest BCUT2D eigenvalue weighted by atomic mass is 9.66. The first-order valence-corrected chi connectivity index (χ1v) is 7.17. The third-order valence-corrected chi connectivity index (χ3v) is 4.63. The van der Waals surface area contributed by atoms with Gasteiger partial charge in [-0.25, -0.2) is 0 Å². The molecule has 2 atom stereocenters. The Morgan fingerprint density at radius 3 is 2.67 bits per heavy atom. The average molecular weight is 295 g/mol. The monoisotopic (exact) mass is 295 g/mol. The van der Waals surface area contributed by atoms with E-state index in [-0.39, 0.29) is 0 Å². The third kappa shape index (κ3) is 3.06. The zero-order valence-electron chi connectivity index (χ0n) is 13.0. The first kappa shape index (κ1) is 16.2. The molecule has 0 fully saturated rings. The minimum absolute atomic E-state index is 0.328. The van der Waals surface area contributed by atoms with Crippen molar-refractivity contribution in [2.45, 2.75) is 31.7 Å². The third-order valence-electron chi connectivity index (χ3n) is 4.63. The van der Waals surface area contributed by atoms with Gasteiger partial charge in [-0.3, -0.25) is 0 Å². The fourth-order valence-corrected chi connectivity index (χ4v) is 2.92. The minimum atomic E-state index is -1.06. The van der Waals surface area contributed by atoms with Crippen molar-refractivity contribution in [3.63, 3.8) is 0 Å². The quantitative estimate of drug-likeness (QED) is 0.775. The summed E-state index contributed by atoms with van der Waals surface area (Å²) in [5.74, 6) is 0.868. The molecule has 0 saturated carbocycles. The summed E-state index contributed by atoms with van der Waals surface area (Å²) < 4.78 is 16.3. The molecular weight excluding hydrogens is 270 g/mol. The molecular formula is C16H25NO4. The molecule has 1 aromatic rings. The number of ether oxygens (including phenoxy) is 3. The van der Waals surface area contributed by atoms with Crippen LogP contribution in [0.2, 0.25) is 0 Å². The molecule has 1 aromatic carbocycles. The average Bonchev–Trinajstić information content (AvgIpc) is 2.51. The van der Waals surface area contributed by atoms with Crippen molar-refractivity contribution in [1.29, 1.82) is 0 Å². The largest absolute Gasteiger partial charge is 0.493 e. The Bertz CT molecular complexity index is 473. The van der Waals surface area contributed by atoms with Gasteiger partial charge in [-0.2, -0.15) is 0 Å². The Kier molecular flexibility index (Phi) is 4.88. The normalized spacial score (nSPS) is 24.3. The van der Waals surface area contributed by atoms with Crippen molar-refractivity contribution < 1.29 is 19.3 Å². The number of fused-ring (bicyclic) bond motifs is 1. The van der Waals surface area contributed by atoms with Crippen LogP contribution < -0.4 is 10.5 Å². The van der Waals surface area contributed by atoms with E-state index in [0.717, 1.165) is 11.3 Å². The number of aliphatic hydroxyl groups is 1. The summed E-state index contributed by atoms with van der Waals surface area (Å²) >= 11 is 0. The van der Waals surface area contributed by atoms with Crippen LogP contribution in [0.3, 0.4) is 0 Å². The summed E-state index contributed by atoms with van der Waals surface area (Å²) in [5.41, 5.74) is 5.47. The molecule has 0 saturated heterocycles. The second-order valence-electron chi connectivity index (χ2n) is 5.94. The van der Waals surface area contributed by atoms with Crippen LogP contribution in [0.25, 0.3) is 0 Å². The van der Waals surface area contributed by atoms with Crippen LogP contribution in [-0.2, 0) is 15.9 Å². The first-order chi connectivity index (χ1) is 9.98. The standard InChI is InChI=1S/C16H25NO4/c1-15(18,9-14(19-2)20-3)16(10-17)8-12-6-4-5-7-13(12)21-11-16/h4-7,14,18H,8-11,17H2,1-3H3. The molecule has 2 rings (SSSR count). The van der Waals surface area contributed by atoms with Crippen molar-refractivity contribution in [1.82, 2.24) is 0 Å². The SMILES string of the molecule is COC(CC(C)(O)C1(CN)COc2ccccc2C1)OC. The number of rotatable bonds is 6. The smallest absolute Gasteiger partial charge is 0.159 e. The fourth-order valence-electron chi connectivity index (χ4n) is 2.92. The van der Waals surface area contributed by atoms with E-state index in [2.05, 4.69) is 0 Å². The van der Waals surface area contributed by atoms with Gasteiger partial charge in [0.2, 0.25) is 0 Å². The van der Waals surface area contributed by atoms with E-state index in [1.54, 1.807) is 21.1 Å². The van der Waals surface area contributed by atoms with Gasteiger partial charge in [0, 0.05) is 32.6 Å². The lowest BCUT2D eigenvalue weighted by Gasteiger charge is -2.47. The van der Waals surface area contributed by atoms with E-state index >= 15 is 0 Å². The first-order valence-electron chi connectivity index (χ1n) is 7.17. The Balaban J connectivity index is 2.26. The zero-order chi connectivity index (χ0) is 15.5. The Labute approximate surface area is 126 Å². The molecule has 0 amide bonds. The number of nitrogens with two attached hydrogens (primary N) is 1. The molecule has 118 valence electrons. The highest BCUT2D eigenvalue weighted by atomic mass is 16.7. The molecule has 1 aliphatic rings. The topological polar surface area (TPSA) is 73.9 Å². The molecule has 2 unspecified atom stereocenters. The van der Waals surface area contributed by atoms with E-state index < -0.39 is 17.3 Å². The molecule has 0 aliphatic carbocycles. The summed E-state index contributed by atoms with van der Waals surface area (Å²) in [6.07, 6.45) is 0.538. The van der Waals surface area contributed by atoms with Crippen LogP contribution >= 0.6 is 0 Å². The highest BCUT2D eigenvalue weighted by molar-refractivity contribution is 5.37. The maximum Gasteiger partial charge on any atom is 0.159 e. The Morgan fingerprint density at radius 2 is 2.05 bits per heavy atom. The van der Waals surface area contributed by atoms with Crippen molar-refractivity contribution in [3.8, 4) is 5.75 Å². The summed E-state index contributed by atoms with van der Waals surface area (Å²) in [4.78, 5) is 0. The van der Waals surface area contributed by atoms with E-state index in [1.165, 1.54) is 0 Å². The van der Waals surface area contributed by atoms with E-state index in [4.69, 9.17) is 19.9 Å². The molecule has 0 aromatic heterocycles. The Hall–Kier alpha value is -1.14. The van der Waals surface area contributed by atoms with Gasteiger partial charge in [-0.1, -0.05) is 18.2 Å². The predicted molar refractivity (Wildman–Crippen MR) is 80.2 cm³/mol. The van der Waals surface area contributed by atoms with Crippen molar-refractivity contribution in [2.75, 3.05) is 27.4 Å². The summed E-state index contributed by atoms with van der Waals surface area (Å²) in [5, 5.41) is 11.0. The van der Waals surface area contributed by atoms with Crippen molar-refractivity contribution in [2.24, 2.45) is 11.1 Å². The molecule has 0 spiro atoms. The maximum absolute atomic E-state index is 11.0. The summed E-state index contributed by atoms with van der Waals surface area (Å²) in [6, 6.07) is 7.87. The molecule has 3 N–H and O–H groups in total. The van der Waals surface area contributed by atoms with Crippen molar-refractivity contribution >= 4 is 0 Å². The van der Waals surface area contributed by atoms with Gasteiger partial charge in [0.25, 0.3) is 0 Å². The van der Waals surface area contributed by atoms with Crippen LogP contribution in [0, 0.1) is 5.41 Å². The maximum atomic E-state index is 11.0. The fraction of sp³-hybridized carbons (Fsp3) is 0.625. The summed E-state index contributed by atoms with van der Waals surface area (Å²) in [6.45, 7) is 2.49. The van der Waals surface area contributed by atoms with Crippen LogP contribution in [0.4, 0.5) is 0 Å². The number of methoxy groups -OCH3 is 2. The van der Waals surface area contributed by atoms with Gasteiger partial charge in [0.15, 0.2) is 6.29 Å². The Morgan fingerprint density at radius 1 is 1.38 bits per heavy atom. The van der Waals surface area contributed by atoms with Gasteiger partial charge >= 0.3 is 0 Å².